The third-order valence-corrected chi connectivity index (χ3v) is 7.87. The summed E-state index contributed by atoms with van der Waals surface area (Å²) in [5, 5.41) is 10.3. The summed E-state index contributed by atoms with van der Waals surface area (Å²) in [6.07, 6.45) is 7.29. The van der Waals surface area contributed by atoms with Crippen LogP contribution in [0.2, 0.25) is 0 Å². The molecule has 1 aromatic carbocycles. The Balaban J connectivity index is 1.32. The number of fused-ring (bicyclic) bond motifs is 3. The molecule has 2 saturated heterocycles. The Morgan fingerprint density at radius 2 is 1.95 bits per heavy atom. The van der Waals surface area contributed by atoms with Gasteiger partial charge in [0, 0.05) is 75.2 Å². The predicted octanol–water partition coefficient (Wildman–Crippen LogP) is 2.62. The van der Waals surface area contributed by atoms with Gasteiger partial charge in [0.15, 0.2) is 0 Å². The summed E-state index contributed by atoms with van der Waals surface area (Å²) < 4.78 is 9.33. The molecule has 2 aliphatic heterocycles. The molecule has 0 unspecified atom stereocenters. The first-order valence-corrected chi connectivity index (χ1v) is 13.0. The summed E-state index contributed by atoms with van der Waals surface area (Å²) in [6, 6.07) is 4.28. The number of hydrogen-bond acceptors (Lipinski definition) is 6. The maximum atomic E-state index is 13.8. The van der Waals surface area contributed by atoms with Crippen LogP contribution in [0.25, 0.3) is 21.8 Å². The van der Waals surface area contributed by atoms with Gasteiger partial charge in [0.1, 0.15) is 0 Å². The fourth-order valence-electron chi connectivity index (χ4n) is 5.80. The number of carbonyl (C=O) groups excluding carboxylic acids is 1. The van der Waals surface area contributed by atoms with E-state index in [2.05, 4.69) is 27.0 Å². The molecule has 2 fully saturated rings. The molecular formula is C27H33N7O3. The van der Waals surface area contributed by atoms with E-state index in [1.165, 1.54) is 5.56 Å². The van der Waals surface area contributed by atoms with E-state index < -0.39 is 0 Å². The fourth-order valence-corrected chi connectivity index (χ4v) is 5.80. The Bertz CT molecular complexity index is 1530. The molecule has 0 bridgehead atoms. The van der Waals surface area contributed by atoms with Crippen LogP contribution in [0.5, 0.6) is 0 Å². The lowest BCUT2D eigenvalue weighted by atomic mass is 10.0. The first-order valence-electron chi connectivity index (χ1n) is 13.0. The third-order valence-electron chi connectivity index (χ3n) is 7.87. The number of nitrogens with one attached hydrogen (secondary N) is 1. The molecule has 1 atom stereocenters. The minimum Gasteiger partial charge on any atom is -0.381 e. The number of pyridine rings is 1. The van der Waals surface area contributed by atoms with E-state index in [1.807, 2.05) is 52.8 Å². The lowest BCUT2D eigenvalue weighted by Crippen LogP contribution is -2.53. The van der Waals surface area contributed by atoms with Crippen LogP contribution in [0, 0.1) is 6.92 Å². The number of rotatable bonds is 4. The molecule has 4 aromatic rings. The number of aromatic nitrogens is 5. The zero-order valence-electron chi connectivity index (χ0n) is 21.6. The summed E-state index contributed by atoms with van der Waals surface area (Å²) in [6.45, 7) is 8.44. The Morgan fingerprint density at radius 3 is 2.68 bits per heavy atom. The van der Waals surface area contributed by atoms with Crippen molar-refractivity contribution in [2.24, 2.45) is 7.05 Å². The van der Waals surface area contributed by atoms with Gasteiger partial charge in [0.25, 0.3) is 11.5 Å². The van der Waals surface area contributed by atoms with Crippen molar-refractivity contribution in [3.63, 3.8) is 0 Å². The second kappa shape index (κ2) is 9.42. The Morgan fingerprint density at radius 1 is 1.14 bits per heavy atom. The highest BCUT2D eigenvalue weighted by Gasteiger charge is 2.29. The second-order valence-electron chi connectivity index (χ2n) is 10.5. The Hall–Kier alpha value is -3.50. The van der Waals surface area contributed by atoms with Crippen LogP contribution in [0.1, 0.15) is 47.3 Å². The first-order chi connectivity index (χ1) is 17.9. The molecule has 0 radical (unpaired) electrons. The van der Waals surface area contributed by atoms with E-state index in [-0.39, 0.29) is 23.6 Å². The standard InChI is InChI=1S/C27H33N7O3/c1-17-10-24-22(25-23(26(35)30-24)13-29-34(25)20-4-8-37-9-5-20)11-21(17)27(36)33-7-6-32(18(2)14-33)16-19-12-28-31(3)15-19/h10-13,15,18,20H,4-9,14,16H2,1-3H3,(H,30,35)/t18-/m0/s1. The van der Waals surface area contributed by atoms with E-state index >= 15 is 0 Å². The zero-order valence-corrected chi connectivity index (χ0v) is 21.6. The van der Waals surface area contributed by atoms with Gasteiger partial charge in [-0.15, -0.1) is 0 Å². The zero-order chi connectivity index (χ0) is 25.7. The first kappa shape index (κ1) is 23.9. The van der Waals surface area contributed by atoms with Crippen LogP contribution >= 0.6 is 0 Å². The van der Waals surface area contributed by atoms with Crippen molar-refractivity contribution in [1.82, 2.24) is 34.3 Å². The summed E-state index contributed by atoms with van der Waals surface area (Å²) in [7, 11) is 1.93. The molecule has 1 N–H and O–H groups in total. The van der Waals surface area contributed by atoms with E-state index in [9.17, 15) is 9.59 Å². The van der Waals surface area contributed by atoms with Crippen molar-refractivity contribution in [2.75, 3.05) is 32.8 Å². The van der Waals surface area contributed by atoms with Crippen LogP contribution in [0.15, 0.2) is 35.5 Å². The molecule has 0 saturated carbocycles. The summed E-state index contributed by atoms with van der Waals surface area (Å²) in [4.78, 5) is 34.0. The molecule has 2 aliphatic rings. The second-order valence-corrected chi connectivity index (χ2v) is 10.5. The molecule has 3 aromatic heterocycles. The number of hydrogen-bond donors (Lipinski definition) is 1. The number of ether oxygens (including phenoxy) is 1. The normalized spacial score (nSPS) is 19.8. The minimum atomic E-state index is -0.155. The van der Waals surface area contributed by atoms with Crippen molar-refractivity contribution in [3.8, 4) is 0 Å². The van der Waals surface area contributed by atoms with Crippen LogP contribution in [-0.4, -0.2) is 79.1 Å². The fraction of sp³-hybridized carbons (Fsp3) is 0.481. The summed E-state index contributed by atoms with van der Waals surface area (Å²) >= 11 is 0. The number of aryl methyl sites for hydroxylation is 2. The Labute approximate surface area is 214 Å². The number of carbonyl (C=O) groups is 1. The van der Waals surface area contributed by atoms with Crippen LogP contribution in [0.3, 0.4) is 0 Å². The quantitative estimate of drug-likeness (QED) is 0.460. The van der Waals surface area contributed by atoms with E-state index in [1.54, 1.807) is 6.20 Å². The number of nitrogens with zero attached hydrogens (tertiary/aromatic N) is 6. The number of benzene rings is 1. The van der Waals surface area contributed by atoms with Crippen molar-refractivity contribution < 1.29 is 9.53 Å². The largest absolute Gasteiger partial charge is 0.381 e. The van der Waals surface area contributed by atoms with Gasteiger partial charge >= 0.3 is 0 Å². The molecule has 10 heteroatoms. The van der Waals surface area contributed by atoms with Crippen molar-refractivity contribution in [3.05, 3.63) is 57.8 Å². The SMILES string of the molecule is Cc1cc2[nH]c(=O)c3cnn(C4CCOCC4)c3c2cc1C(=O)N1CCN(Cc2cnn(C)c2)[C@@H](C)C1. The lowest BCUT2D eigenvalue weighted by molar-refractivity contribution is 0.0494. The maximum absolute atomic E-state index is 13.8. The Kier molecular flexibility index (Phi) is 6.08. The smallest absolute Gasteiger partial charge is 0.259 e. The predicted molar refractivity (Wildman–Crippen MR) is 141 cm³/mol. The van der Waals surface area contributed by atoms with Gasteiger partial charge in [0.2, 0.25) is 0 Å². The minimum absolute atomic E-state index is 0.0313. The van der Waals surface area contributed by atoms with Crippen LogP contribution in [-0.2, 0) is 18.3 Å². The number of H-pyrrole nitrogens is 1. The van der Waals surface area contributed by atoms with E-state index in [4.69, 9.17) is 4.74 Å². The van der Waals surface area contributed by atoms with Gasteiger partial charge in [-0.3, -0.25) is 23.9 Å². The van der Waals surface area contributed by atoms with Crippen LogP contribution < -0.4 is 5.56 Å². The molecule has 37 heavy (non-hydrogen) atoms. The number of amides is 1. The highest BCUT2D eigenvalue weighted by Crippen LogP contribution is 2.30. The molecule has 0 aliphatic carbocycles. The molecule has 5 heterocycles. The monoisotopic (exact) mass is 503 g/mol. The highest BCUT2D eigenvalue weighted by molar-refractivity contribution is 6.07. The van der Waals surface area contributed by atoms with Gasteiger partial charge < -0.3 is 14.6 Å². The van der Waals surface area contributed by atoms with Gasteiger partial charge in [-0.25, -0.2) is 0 Å². The van der Waals surface area contributed by atoms with Crippen molar-refractivity contribution in [1.29, 1.82) is 0 Å². The van der Waals surface area contributed by atoms with Gasteiger partial charge in [-0.2, -0.15) is 10.2 Å². The van der Waals surface area contributed by atoms with Crippen molar-refractivity contribution in [2.45, 2.75) is 45.3 Å². The molecule has 0 spiro atoms. The maximum Gasteiger partial charge on any atom is 0.259 e. The third kappa shape index (κ3) is 4.34. The summed E-state index contributed by atoms with van der Waals surface area (Å²) in [5.41, 5.74) is 4.09. The van der Waals surface area contributed by atoms with Gasteiger partial charge in [-0.05, 0) is 44.4 Å². The average molecular weight is 504 g/mol. The molecule has 1 amide bonds. The molecular weight excluding hydrogens is 470 g/mol. The van der Waals surface area contributed by atoms with Gasteiger partial charge in [-0.1, -0.05) is 0 Å². The molecule has 10 nitrogen and oxygen atoms in total. The molecule has 194 valence electrons. The van der Waals surface area contributed by atoms with E-state index in [0.29, 0.717) is 37.3 Å². The average Bonchev–Trinajstić information content (AvgIpc) is 3.52. The van der Waals surface area contributed by atoms with Gasteiger partial charge in [0.05, 0.1) is 34.9 Å². The number of piperazine rings is 1. The molecule has 6 rings (SSSR count). The topological polar surface area (TPSA) is 101 Å². The highest BCUT2D eigenvalue weighted by atomic mass is 16.5. The number of aromatic amines is 1. The van der Waals surface area contributed by atoms with E-state index in [0.717, 1.165) is 47.9 Å². The summed E-state index contributed by atoms with van der Waals surface area (Å²) in [5.74, 6) is 0.0313. The van der Waals surface area contributed by atoms with Crippen molar-refractivity contribution >= 4 is 27.7 Å². The van der Waals surface area contributed by atoms with Crippen LogP contribution in [0.4, 0.5) is 0 Å². The lowest BCUT2D eigenvalue weighted by Gasteiger charge is -2.40.